The van der Waals surface area contributed by atoms with E-state index in [2.05, 4.69) is 10.4 Å². The van der Waals surface area contributed by atoms with Crippen molar-refractivity contribution in [1.29, 1.82) is 0 Å². The lowest BCUT2D eigenvalue weighted by atomic mass is 10.1. The first-order valence-corrected chi connectivity index (χ1v) is 11.6. The van der Waals surface area contributed by atoms with Gasteiger partial charge in [0.2, 0.25) is 15.9 Å². The molecule has 1 aliphatic rings. The smallest absolute Gasteiger partial charge is 0.239 e. The average molecular weight is 438 g/mol. The van der Waals surface area contributed by atoms with Gasteiger partial charge in [-0.25, -0.2) is 21.8 Å². The number of amides is 1. The van der Waals surface area contributed by atoms with E-state index in [1.54, 1.807) is 45.2 Å². The zero-order valence-electron chi connectivity index (χ0n) is 17.5. The number of benzene rings is 1. The Kier molecular flexibility index (Phi) is 6.89. The standard InChI is InChI=1S/C20H28FN5O3S/c1-4-30(28,29)24(3)16-9-11-25(12-10-16)14-20(27)22-19-13-15(2)23-26(19)18-8-6-5-7-17(18)21/h5-8,13,16H,4,9-12,14H2,1-3H3,(H,22,27). The number of hydrogen-bond acceptors (Lipinski definition) is 5. The number of piperidine rings is 1. The van der Waals surface area contributed by atoms with Gasteiger partial charge >= 0.3 is 0 Å². The summed E-state index contributed by atoms with van der Waals surface area (Å²) in [6, 6.07) is 7.91. The summed E-state index contributed by atoms with van der Waals surface area (Å²) in [6.45, 7) is 4.86. The van der Waals surface area contributed by atoms with Gasteiger partial charge in [-0.3, -0.25) is 9.69 Å². The topological polar surface area (TPSA) is 87.5 Å². The third-order valence-corrected chi connectivity index (χ3v) is 7.33. The molecule has 0 unspecified atom stereocenters. The van der Waals surface area contributed by atoms with Gasteiger partial charge in [0.25, 0.3) is 0 Å². The van der Waals surface area contributed by atoms with Gasteiger partial charge in [-0.1, -0.05) is 12.1 Å². The van der Waals surface area contributed by atoms with Gasteiger partial charge in [0.05, 0.1) is 18.0 Å². The summed E-state index contributed by atoms with van der Waals surface area (Å²) in [4.78, 5) is 14.6. The minimum atomic E-state index is -3.22. The molecule has 30 heavy (non-hydrogen) atoms. The van der Waals surface area contributed by atoms with Crippen LogP contribution < -0.4 is 5.32 Å². The first-order chi connectivity index (χ1) is 14.2. The highest BCUT2D eigenvalue weighted by Crippen LogP contribution is 2.21. The van der Waals surface area contributed by atoms with E-state index in [0.29, 0.717) is 37.4 Å². The number of aryl methyl sites for hydroxylation is 1. The minimum Gasteiger partial charge on any atom is -0.309 e. The Hall–Kier alpha value is -2.30. The predicted molar refractivity (Wildman–Crippen MR) is 114 cm³/mol. The Morgan fingerprint density at radius 2 is 1.97 bits per heavy atom. The van der Waals surface area contributed by atoms with E-state index in [0.717, 1.165) is 0 Å². The number of nitrogens with one attached hydrogen (secondary N) is 1. The first kappa shape index (κ1) is 22.4. The fourth-order valence-electron chi connectivity index (χ4n) is 3.65. The van der Waals surface area contributed by atoms with Gasteiger partial charge in [-0.2, -0.15) is 5.10 Å². The molecule has 1 aromatic heterocycles. The maximum atomic E-state index is 14.2. The lowest BCUT2D eigenvalue weighted by Crippen LogP contribution is -2.47. The van der Waals surface area contributed by atoms with Crippen molar-refractivity contribution in [3.8, 4) is 5.69 Å². The number of carbonyl (C=O) groups is 1. The van der Waals surface area contributed by atoms with Crippen molar-refractivity contribution >= 4 is 21.7 Å². The summed E-state index contributed by atoms with van der Waals surface area (Å²) < 4.78 is 41.1. The molecule has 2 heterocycles. The van der Waals surface area contributed by atoms with Crippen LogP contribution in [0.3, 0.4) is 0 Å². The zero-order valence-corrected chi connectivity index (χ0v) is 18.3. The molecule has 8 nitrogen and oxygen atoms in total. The highest BCUT2D eigenvalue weighted by molar-refractivity contribution is 7.89. The van der Waals surface area contributed by atoms with Crippen molar-refractivity contribution < 1.29 is 17.6 Å². The molecule has 0 atom stereocenters. The summed E-state index contributed by atoms with van der Waals surface area (Å²) >= 11 is 0. The summed E-state index contributed by atoms with van der Waals surface area (Å²) in [6.07, 6.45) is 1.35. The van der Waals surface area contributed by atoms with Crippen molar-refractivity contribution in [2.45, 2.75) is 32.7 Å². The second-order valence-electron chi connectivity index (χ2n) is 7.51. The Labute approximate surface area is 176 Å². The molecule has 1 saturated heterocycles. The molecule has 0 bridgehead atoms. The predicted octanol–water partition coefficient (Wildman–Crippen LogP) is 2.00. The van der Waals surface area contributed by atoms with E-state index < -0.39 is 15.8 Å². The number of para-hydroxylation sites is 1. The molecule has 1 aromatic carbocycles. The maximum Gasteiger partial charge on any atom is 0.239 e. The second kappa shape index (κ2) is 9.23. The molecule has 164 valence electrons. The van der Waals surface area contributed by atoms with Crippen molar-refractivity contribution in [2.75, 3.05) is 37.8 Å². The second-order valence-corrected chi connectivity index (χ2v) is 9.82. The number of likely N-dealkylation sites (tertiary alicyclic amines) is 1. The van der Waals surface area contributed by atoms with Gasteiger partial charge in [-0.05, 0) is 38.8 Å². The molecule has 0 aliphatic carbocycles. The van der Waals surface area contributed by atoms with Crippen molar-refractivity contribution in [2.24, 2.45) is 0 Å². The number of halogens is 1. The van der Waals surface area contributed by atoms with Gasteiger partial charge in [0, 0.05) is 32.2 Å². The monoisotopic (exact) mass is 437 g/mol. The van der Waals surface area contributed by atoms with E-state index in [1.165, 1.54) is 15.1 Å². The number of nitrogens with zero attached hydrogens (tertiary/aromatic N) is 4. The van der Waals surface area contributed by atoms with Crippen molar-refractivity contribution in [3.63, 3.8) is 0 Å². The molecule has 2 aromatic rings. The summed E-state index contributed by atoms with van der Waals surface area (Å²) in [5, 5.41) is 7.11. The maximum absolute atomic E-state index is 14.2. The lowest BCUT2D eigenvalue weighted by molar-refractivity contribution is -0.117. The van der Waals surface area contributed by atoms with Crippen LogP contribution in [0.5, 0.6) is 0 Å². The number of anilines is 1. The fourth-order valence-corrected chi connectivity index (χ4v) is 4.73. The molecular formula is C20H28FN5O3S. The number of hydrogen-bond donors (Lipinski definition) is 1. The largest absolute Gasteiger partial charge is 0.309 e. The molecule has 0 saturated carbocycles. The van der Waals surface area contributed by atoms with E-state index in [1.807, 2.05) is 4.90 Å². The SMILES string of the molecule is CCS(=O)(=O)N(C)C1CCN(CC(=O)Nc2cc(C)nn2-c2ccccc2F)CC1. The van der Waals surface area contributed by atoms with E-state index in [9.17, 15) is 17.6 Å². The van der Waals surface area contributed by atoms with Gasteiger partial charge in [0.15, 0.2) is 0 Å². The zero-order chi connectivity index (χ0) is 21.9. The van der Waals surface area contributed by atoms with Gasteiger partial charge < -0.3 is 5.32 Å². The lowest BCUT2D eigenvalue weighted by Gasteiger charge is -2.35. The molecule has 0 radical (unpaired) electrons. The highest BCUT2D eigenvalue weighted by Gasteiger charge is 2.29. The summed E-state index contributed by atoms with van der Waals surface area (Å²) in [5.74, 6) is -0.155. The van der Waals surface area contributed by atoms with E-state index in [-0.39, 0.29) is 29.9 Å². The molecule has 1 amide bonds. The van der Waals surface area contributed by atoms with Crippen LogP contribution in [0.2, 0.25) is 0 Å². The number of rotatable bonds is 7. The molecule has 3 rings (SSSR count). The van der Waals surface area contributed by atoms with Crippen LogP contribution in [0.4, 0.5) is 10.2 Å². The van der Waals surface area contributed by atoms with E-state index in [4.69, 9.17) is 0 Å². The van der Waals surface area contributed by atoms with Crippen LogP contribution in [0.25, 0.3) is 5.69 Å². The first-order valence-electron chi connectivity index (χ1n) is 10.0. The number of sulfonamides is 1. The summed E-state index contributed by atoms with van der Waals surface area (Å²) in [5.41, 5.74) is 0.927. The highest BCUT2D eigenvalue weighted by atomic mass is 32.2. The van der Waals surface area contributed by atoms with Crippen LogP contribution in [0.15, 0.2) is 30.3 Å². The molecule has 10 heteroatoms. The molecule has 1 aliphatic heterocycles. The van der Waals surface area contributed by atoms with Gasteiger partial charge in [-0.15, -0.1) is 0 Å². The molecule has 0 spiro atoms. The van der Waals surface area contributed by atoms with E-state index >= 15 is 0 Å². The Morgan fingerprint density at radius 1 is 1.30 bits per heavy atom. The van der Waals surface area contributed by atoms with Crippen molar-refractivity contribution in [3.05, 3.63) is 41.8 Å². The number of carbonyl (C=O) groups excluding carboxylic acids is 1. The van der Waals surface area contributed by atoms with Crippen molar-refractivity contribution in [1.82, 2.24) is 19.0 Å². The van der Waals surface area contributed by atoms with Crippen LogP contribution in [0, 0.1) is 12.7 Å². The fraction of sp³-hybridized carbons (Fsp3) is 0.500. The molecule has 1 N–H and O–H groups in total. The summed E-state index contributed by atoms with van der Waals surface area (Å²) in [7, 11) is -1.59. The number of aromatic nitrogens is 2. The van der Waals surface area contributed by atoms with Crippen LogP contribution in [-0.2, 0) is 14.8 Å². The Balaban J connectivity index is 1.60. The Morgan fingerprint density at radius 3 is 2.60 bits per heavy atom. The third-order valence-electron chi connectivity index (χ3n) is 5.42. The Bertz CT molecular complexity index is 1000. The normalized spacial score (nSPS) is 16.2. The average Bonchev–Trinajstić information content (AvgIpc) is 3.08. The molecular weight excluding hydrogens is 409 g/mol. The molecule has 1 fully saturated rings. The third kappa shape index (κ3) is 5.05. The van der Waals surface area contributed by atoms with Crippen LogP contribution in [0.1, 0.15) is 25.5 Å². The van der Waals surface area contributed by atoms with Crippen LogP contribution >= 0.6 is 0 Å². The van der Waals surface area contributed by atoms with Crippen LogP contribution in [-0.4, -0.2) is 71.8 Å². The quantitative estimate of drug-likeness (QED) is 0.716. The minimum absolute atomic E-state index is 0.0422. The van der Waals surface area contributed by atoms with Gasteiger partial charge in [0.1, 0.15) is 17.3 Å².